The maximum atomic E-state index is 12.1. The molecule has 0 saturated heterocycles. The second kappa shape index (κ2) is 9.50. The monoisotopic (exact) mass is 394 g/mol. The molecule has 8 heteroatoms. The first-order chi connectivity index (χ1) is 14.0. The smallest absolute Gasteiger partial charge is 0.273 e. The summed E-state index contributed by atoms with van der Waals surface area (Å²) in [7, 11) is 0. The normalized spacial score (nSPS) is 10.5. The van der Waals surface area contributed by atoms with Crippen molar-refractivity contribution in [3.8, 4) is 11.3 Å². The summed E-state index contributed by atoms with van der Waals surface area (Å²) in [6.07, 6.45) is 1.32. The summed E-state index contributed by atoms with van der Waals surface area (Å²) < 4.78 is 5.22. The van der Waals surface area contributed by atoms with Crippen molar-refractivity contribution < 1.29 is 14.1 Å². The third kappa shape index (κ3) is 5.41. The minimum atomic E-state index is -0.411. The number of benzene rings is 1. The number of aromatic nitrogens is 2. The Labute approximate surface area is 167 Å². The Balaban J connectivity index is 1.37. The average Bonchev–Trinajstić information content (AvgIpc) is 3.21. The number of hydrogen-bond acceptors (Lipinski definition) is 5. The zero-order chi connectivity index (χ0) is 20.6. The molecule has 0 atom stereocenters. The number of aryl methyl sites for hydroxylation is 1. The van der Waals surface area contributed by atoms with Gasteiger partial charge in [0.2, 0.25) is 0 Å². The first kappa shape index (κ1) is 20.1. The molecule has 2 amide bonds. The summed E-state index contributed by atoms with van der Waals surface area (Å²) in [5.74, 6) is -0.193. The van der Waals surface area contributed by atoms with E-state index in [0.717, 1.165) is 5.56 Å². The van der Waals surface area contributed by atoms with Crippen molar-refractivity contribution in [2.45, 2.75) is 19.8 Å². The van der Waals surface area contributed by atoms with Gasteiger partial charge in [-0.25, -0.2) is 0 Å². The molecule has 0 aliphatic heterocycles. The van der Waals surface area contributed by atoms with Crippen molar-refractivity contribution >= 4 is 11.8 Å². The first-order valence-corrected chi connectivity index (χ1v) is 9.33. The quantitative estimate of drug-likeness (QED) is 0.507. The standard InChI is InChI=1S/C21H22N4O4/c1-14-9-10-16(20(27)24-14)19(26)22-11-5-6-12-23-21(28)17-13-18(29-25-17)15-7-3-2-4-8-15/h2-4,7-10,13H,5-6,11-12H2,1H3,(H,22,26)(H,23,28)(H,24,27). The van der Waals surface area contributed by atoms with Crippen molar-refractivity contribution in [1.82, 2.24) is 20.8 Å². The Morgan fingerprint density at radius 1 is 1.00 bits per heavy atom. The van der Waals surface area contributed by atoms with Gasteiger partial charge in [0, 0.05) is 30.4 Å². The van der Waals surface area contributed by atoms with Crippen LogP contribution >= 0.6 is 0 Å². The van der Waals surface area contributed by atoms with E-state index in [4.69, 9.17) is 4.52 Å². The molecule has 3 rings (SSSR count). The third-order valence-corrected chi connectivity index (χ3v) is 4.28. The summed E-state index contributed by atoms with van der Waals surface area (Å²) >= 11 is 0. The fraction of sp³-hybridized carbons (Fsp3) is 0.238. The molecule has 0 bridgehead atoms. The second-order valence-electron chi connectivity index (χ2n) is 6.55. The molecule has 0 fully saturated rings. The van der Waals surface area contributed by atoms with E-state index in [9.17, 15) is 14.4 Å². The molecule has 29 heavy (non-hydrogen) atoms. The van der Waals surface area contributed by atoms with Crippen LogP contribution in [0.2, 0.25) is 0 Å². The van der Waals surface area contributed by atoms with Gasteiger partial charge in [0.05, 0.1) is 0 Å². The van der Waals surface area contributed by atoms with E-state index < -0.39 is 11.5 Å². The molecular formula is C21H22N4O4. The number of carbonyl (C=O) groups is 2. The predicted octanol–water partition coefficient (Wildman–Crippen LogP) is 2.28. The molecular weight excluding hydrogens is 372 g/mol. The molecule has 150 valence electrons. The van der Waals surface area contributed by atoms with E-state index in [-0.39, 0.29) is 17.2 Å². The van der Waals surface area contributed by atoms with Gasteiger partial charge in [0.15, 0.2) is 11.5 Å². The van der Waals surface area contributed by atoms with Gasteiger partial charge in [-0.15, -0.1) is 0 Å². The van der Waals surface area contributed by atoms with Gasteiger partial charge in [-0.3, -0.25) is 14.4 Å². The number of pyridine rings is 1. The Morgan fingerprint density at radius 2 is 1.69 bits per heavy atom. The molecule has 0 spiro atoms. The first-order valence-electron chi connectivity index (χ1n) is 9.33. The number of rotatable bonds is 8. The maximum absolute atomic E-state index is 12.1. The van der Waals surface area contributed by atoms with Crippen LogP contribution in [-0.4, -0.2) is 35.0 Å². The number of unbranched alkanes of at least 4 members (excludes halogenated alkanes) is 1. The minimum absolute atomic E-state index is 0.0872. The number of nitrogens with one attached hydrogen (secondary N) is 3. The van der Waals surface area contributed by atoms with Crippen molar-refractivity contribution in [1.29, 1.82) is 0 Å². The lowest BCUT2D eigenvalue weighted by Gasteiger charge is -2.06. The number of hydrogen-bond donors (Lipinski definition) is 3. The van der Waals surface area contributed by atoms with Crippen LogP contribution in [0, 0.1) is 6.92 Å². The van der Waals surface area contributed by atoms with Crippen LogP contribution in [0.15, 0.2) is 57.8 Å². The SMILES string of the molecule is Cc1ccc(C(=O)NCCCCNC(=O)c2cc(-c3ccccc3)on2)c(=O)[nH]1. The summed E-state index contributed by atoms with van der Waals surface area (Å²) in [5.41, 5.74) is 1.45. The second-order valence-corrected chi connectivity index (χ2v) is 6.55. The van der Waals surface area contributed by atoms with Crippen molar-refractivity contribution in [2.24, 2.45) is 0 Å². The highest BCUT2D eigenvalue weighted by atomic mass is 16.5. The molecule has 3 N–H and O–H groups in total. The number of H-pyrrole nitrogens is 1. The number of carbonyl (C=O) groups excluding carboxylic acids is 2. The van der Waals surface area contributed by atoms with Gasteiger partial charge in [-0.05, 0) is 31.9 Å². The Hall–Kier alpha value is -3.68. The minimum Gasteiger partial charge on any atom is -0.355 e. The zero-order valence-electron chi connectivity index (χ0n) is 16.0. The van der Waals surface area contributed by atoms with Gasteiger partial charge >= 0.3 is 0 Å². The van der Waals surface area contributed by atoms with E-state index in [1.54, 1.807) is 19.1 Å². The van der Waals surface area contributed by atoms with Gasteiger partial charge in [0.25, 0.3) is 17.4 Å². The number of nitrogens with zero attached hydrogens (tertiary/aromatic N) is 1. The fourth-order valence-electron chi connectivity index (χ4n) is 2.71. The van der Waals surface area contributed by atoms with Gasteiger partial charge in [0.1, 0.15) is 5.56 Å². The highest BCUT2D eigenvalue weighted by Gasteiger charge is 2.13. The lowest BCUT2D eigenvalue weighted by Crippen LogP contribution is -2.31. The lowest BCUT2D eigenvalue weighted by atomic mass is 10.1. The highest BCUT2D eigenvalue weighted by molar-refractivity contribution is 5.94. The summed E-state index contributed by atoms with van der Waals surface area (Å²) in [5, 5.41) is 9.27. The zero-order valence-corrected chi connectivity index (χ0v) is 16.0. The summed E-state index contributed by atoms with van der Waals surface area (Å²) in [6, 6.07) is 14.2. The maximum Gasteiger partial charge on any atom is 0.273 e. The summed E-state index contributed by atoms with van der Waals surface area (Å²) in [4.78, 5) is 38.5. The molecule has 2 aromatic heterocycles. The molecule has 8 nitrogen and oxygen atoms in total. The van der Waals surface area contributed by atoms with Crippen molar-refractivity contribution in [3.63, 3.8) is 0 Å². The van der Waals surface area contributed by atoms with Crippen LogP contribution in [0.3, 0.4) is 0 Å². The molecule has 0 saturated carbocycles. The molecule has 2 heterocycles. The Morgan fingerprint density at radius 3 is 2.38 bits per heavy atom. The predicted molar refractivity (Wildman–Crippen MR) is 108 cm³/mol. The van der Waals surface area contributed by atoms with Crippen LogP contribution in [0.25, 0.3) is 11.3 Å². The van der Waals surface area contributed by atoms with Crippen LogP contribution in [0.4, 0.5) is 0 Å². The van der Waals surface area contributed by atoms with E-state index in [1.165, 1.54) is 6.07 Å². The van der Waals surface area contributed by atoms with Crippen LogP contribution in [-0.2, 0) is 0 Å². The molecule has 0 unspecified atom stereocenters. The van der Waals surface area contributed by atoms with Gasteiger partial charge in [-0.2, -0.15) is 0 Å². The summed E-state index contributed by atoms with van der Waals surface area (Å²) in [6.45, 7) is 2.59. The van der Waals surface area contributed by atoms with Crippen molar-refractivity contribution in [2.75, 3.05) is 13.1 Å². The topological polar surface area (TPSA) is 117 Å². The average molecular weight is 394 g/mol. The Kier molecular flexibility index (Phi) is 6.57. The molecule has 3 aromatic rings. The molecule has 0 aliphatic carbocycles. The highest BCUT2D eigenvalue weighted by Crippen LogP contribution is 2.19. The van der Waals surface area contributed by atoms with Gasteiger partial charge < -0.3 is 20.1 Å². The van der Waals surface area contributed by atoms with Crippen LogP contribution < -0.4 is 16.2 Å². The molecule has 0 aliphatic rings. The molecule has 0 radical (unpaired) electrons. The number of aromatic amines is 1. The number of amides is 2. The van der Waals surface area contributed by atoms with Crippen LogP contribution in [0.1, 0.15) is 39.4 Å². The Bertz CT molecular complexity index is 1040. The van der Waals surface area contributed by atoms with E-state index in [2.05, 4.69) is 20.8 Å². The molecule has 1 aromatic carbocycles. The van der Waals surface area contributed by atoms with E-state index in [1.807, 2.05) is 30.3 Å². The van der Waals surface area contributed by atoms with Gasteiger partial charge in [-0.1, -0.05) is 35.5 Å². The largest absolute Gasteiger partial charge is 0.355 e. The lowest BCUT2D eigenvalue weighted by molar-refractivity contribution is 0.0933. The third-order valence-electron chi connectivity index (χ3n) is 4.28. The fourth-order valence-corrected chi connectivity index (χ4v) is 2.71. The van der Waals surface area contributed by atoms with Crippen LogP contribution in [0.5, 0.6) is 0 Å². The van der Waals surface area contributed by atoms with E-state index in [0.29, 0.717) is 37.4 Å². The van der Waals surface area contributed by atoms with E-state index >= 15 is 0 Å². The van der Waals surface area contributed by atoms with Crippen molar-refractivity contribution in [3.05, 3.63) is 75.8 Å².